The zero-order chi connectivity index (χ0) is 10.7. The highest BCUT2D eigenvalue weighted by Crippen LogP contribution is 2.28. The van der Waals surface area contributed by atoms with E-state index < -0.39 is 0 Å². The molecule has 0 spiro atoms. The molecular formula is C12H19N2O. The topological polar surface area (TPSA) is 37.7 Å². The number of hydrogen-bond acceptors (Lipinski definition) is 1. The van der Waals surface area contributed by atoms with Crippen LogP contribution in [0, 0.1) is 0 Å². The average molecular weight is 207 g/mol. The van der Waals surface area contributed by atoms with E-state index in [0.29, 0.717) is 0 Å². The Morgan fingerprint density at radius 1 is 1.27 bits per heavy atom. The molecule has 0 fully saturated rings. The third-order valence-electron chi connectivity index (χ3n) is 3.19. The van der Waals surface area contributed by atoms with Crippen LogP contribution < -0.4 is 0 Å². The van der Waals surface area contributed by atoms with Crippen molar-refractivity contribution in [2.24, 2.45) is 0 Å². The van der Waals surface area contributed by atoms with Crippen molar-refractivity contribution >= 4 is 0 Å². The van der Waals surface area contributed by atoms with E-state index in [4.69, 9.17) is 0 Å². The average Bonchev–Trinajstić information content (AvgIpc) is 2.58. The Kier molecular flexibility index (Phi) is 3.29. The summed E-state index contributed by atoms with van der Waals surface area (Å²) in [5, 5.41) is 15.7. The molecular weight excluding hydrogens is 188 g/mol. The number of nitrogens with zero attached hydrogens (tertiary/aromatic N) is 2. The second-order valence-electron chi connectivity index (χ2n) is 4.37. The quantitative estimate of drug-likeness (QED) is 0.699. The molecule has 0 bridgehead atoms. The molecule has 0 atom stereocenters. The first-order valence-electron chi connectivity index (χ1n) is 6.08. The lowest BCUT2D eigenvalue weighted by molar-refractivity contribution is 0.325. The lowest BCUT2D eigenvalue weighted by Gasteiger charge is -2.12. The van der Waals surface area contributed by atoms with Gasteiger partial charge in [-0.05, 0) is 32.1 Å². The molecule has 0 unspecified atom stereocenters. The van der Waals surface area contributed by atoms with E-state index in [1.54, 1.807) is 0 Å². The lowest BCUT2D eigenvalue weighted by atomic mass is 9.98. The van der Waals surface area contributed by atoms with E-state index >= 15 is 0 Å². The third kappa shape index (κ3) is 2.16. The summed E-state index contributed by atoms with van der Waals surface area (Å²) in [6.45, 7) is 3.12. The van der Waals surface area contributed by atoms with Crippen LogP contribution in [0.4, 0.5) is 0 Å². The summed E-state index contributed by atoms with van der Waals surface area (Å²) in [4.78, 5) is 0. The Balaban J connectivity index is 2.10. The van der Waals surface area contributed by atoms with Gasteiger partial charge in [-0.3, -0.25) is 9.79 Å². The minimum atomic E-state index is 0.0289. The van der Waals surface area contributed by atoms with Gasteiger partial charge in [0.1, 0.15) is 0 Å². The monoisotopic (exact) mass is 207 g/mol. The van der Waals surface area contributed by atoms with Crippen molar-refractivity contribution < 1.29 is 5.11 Å². The van der Waals surface area contributed by atoms with E-state index in [0.717, 1.165) is 37.8 Å². The maximum Gasteiger partial charge on any atom is 0.291 e. The Morgan fingerprint density at radius 2 is 2.07 bits per heavy atom. The number of aromatic nitrogens is 2. The second-order valence-corrected chi connectivity index (χ2v) is 4.37. The number of rotatable bonds is 4. The molecule has 0 amide bonds. The van der Waals surface area contributed by atoms with Crippen LogP contribution >= 0.6 is 0 Å². The number of fused-ring (bicyclic) bond motifs is 1. The van der Waals surface area contributed by atoms with Gasteiger partial charge in [-0.2, -0.15) is 0 Å². The Hall–Kier alpha value is -0.990. The smallest absolute Gasteiger partial charge is 0.265 e. The molecule has 0 saturated heterocycles. The van der Waals surface area contributed by atoms with Crippen molar-refractivity contribution in [2.75, 3.05) is 0 Å². The predicted molar refractivity (Wildman–Crippen MR) is 58.5 cm³/mol. The molecule has 0 aliphatic heterocycles. The number of hydrogen-bond donors (Lipinski definition) is 0. The minimum absolute atomic E-state index is 0.0289. The first kappa shape index (κ1) is 10.5. The van der Waals surface area contributed by atoms with E-state index in [2.05, 4.69) is 12.0 Å². The molecule has 3 heteroatoms. The fourth-order valence-electron chi connectivity index (χ4n) is 2.33. The summed E-state index contributed by atoms with van der Waals surface area (Å²) in [6, 6.07) is 0. The molecule has 2 rings (SSSR count). The fourth-order valence-corrected chi connectivity index (χ4v) is 2.33. The summed E-state index contributed by atoms with van der Waals surface area (Å²) in [5.41, 5.74) is 2.22. The van der Waals surface area contributed by atoms with Crippen LogP contribution in [0.1, 0.15) is 50.3 Å². The molecule has 0 saturated carbocycles. The van der Waals surface area contributed by atoms with Crippen molar-refractivity contribution in [3.63, 3.8) is 0 Å². The van der Waals surface area contributed by atoms with Gasteiger partial charge >= 0.3 is 0 Å². The van der Waals surface area contributed by atoms with Gasteiger partial charge in [-0.15, -0.1) is 5.10 Å². The van der Waals surface area contributed by atoms with Gasteiger partial charge in [-0.1, -0.05) is 19.8 Å². The SMILES string of the molecule is CCCCCn1nc([O])c2c1CCCC2. The van der Waals surface area contributed by atoms with E-state index in [1.165, 1.54) is 25.0 Å². The second kappa shape index (κ2) is 4.69. The molecule has 0 aromatic carbocycles. The van der Waals surface area contributed by atoms with Crippen LogP contribution in [0.3, 0.4) is 0 Å². The van der Waals surface area contributed by atoms with Gasteiger partial charge < -0.3 is 0 Å². The summed E-state index contributed by atoms with van der Waals surface area (Å²) in [7, 11) is 0. The Bertz CT molecular complexity index is 331. The van der Waals surface area contributed by atoms with Crippen LogP contribution in [-0.2, 0) is 24.5 Å². The number of aryl methyl sites for hydroxylation is 1. The van der Waals surface area contributed by atoms with Gasteiger partial charge in [0.25, 0.3) is 5.88 Å². The lowest BCUT2D eigenvalue weighted by Crippen LogP contribution is -2.09. The Labute approximate surface area is 91.1 Å². The van der Waals surface area contributed by atoms with E-state index in [1.807, 2.05) is 4.68 Å². The first-order chi connectivity index (χ1) is 7.33. The zero-order valence-electron chi connectivity index (χ0n) is 9.46. The summed E-state index contributed by atoms with van der Waals surface area (Å²) in [5.74, 6) is 0.0289. The van der Waals surface area contributed by atoms with Gasteiger partial charge in [-0.25, -0.2) is 0 Å². The molecule has 1 radical (unpaired) electrons. The van der Waals surface area contributed by atoms with Crippen molar-refractivity contribution in [1.82, 2.24) is 9.78 Å². The molecule has 1 aliphatic rings. The van der Waals surface area contributed by atoms with Crippen LogP contribution in [-0.4, -0.2) is 9.78 Å². The van der Waals surface area contributed by atoms with Crippen LogP contribution in [0.2, 0.25) is 0 Å². The van der Waals surface area contributed by atoms with Crippen LogP contribution in [0.25, 0.3) is 0 Å². The maximum atomic E-state index is 11.6. The van der Waals surface area contributed by atoms with E-state index in [9.17, 15) is 5.11 Å². The van der Waals surface area contributed by atoms with Crippen LogP contribution in [0.5, 0.6) is 5.88 Å². The highest BCUT2D eigenvalue weighted by Gasteiger charge is 2.20. The summed E-state index contributed by atoms with van der Waals surface area (Å²) < 4.78 is 1.96. The largest absolute Gasteiger partial charge is 0.291 e. The van der Waals surface area contributed by atoms with Crippen molar-refractivity contribution in [1.29, 1.82) is 0 Å². The highest BCUT2D eigenvalue weighted by molar-refractivity contribution is 5.32. The Morgan fingerprint density at radius 3 is 2.87 bits per heavy atom. The molecule has 1 aromatic heterocycles. The molecule has 0 N–H and O–H groups in total. The van der Waals surface area contributed by atoms with Gasteiger partial charge in [0, 0.05) is 17.8 Å². The maximum absolute atomic E-state index is 11.6. The van der Waals surface area contributed by atoms with Crippen molar-refractivity contribution in [2.45, 2.75) is 58.4 Å². The van der Waals surface area contributed by atoms with Crippen molar-refractivity contribution in [3.05, 3.63) is 11.3 Å². The zero-order valence-corrected chi connectivity index (χ0v) is 9.46. The molecule has 1 aliphatic carbocycles. The normalized spacial score (nSPS) is 15.3. The van der Waals surface area contributed by atoms with E-state index in [-0.39, 0.29) is 5.88 Å². The molecule has 1 aromatic rings. The van der Waals surface area contributed by atoms with Gasteiger partial charge in [0.15, 0.2) is 0 Å². The first-order valence-corrected chi connectivity index (χ1v) is 6.08. The standard InChI is InChI=1S/C12H19N2O/c1-2-3-6-9-14-11-8-5-4-7-10(11)12(15)13-14/h2-9H2,1H3. The molecule has 1 heterocycles. The fraction of sp³-hybridized carbons (Fsp3) is 0.750. The number of unbranched alkanes of at least 4 members (excludes halogenated alkanes) is 2. The minimum Gasteiger partial charge on any atom is -0.265 e. The molecule has 3 nitrogen and oxygen atoms in total. The molecule has 83 valence electrons. The predicted octanol–water partition coefficient (Wildman–Crippen LogP) is 3.10. The third-order valence-corrected chi connectivity index (χ3v) is 3.19. The van der Waals surface area contributed by atoms with Crippen LogP contribution in [0.15, 0.2) is 0 Å². The van der Waals surface area contributed by atoms with Crippen molar-refractivity contribution in [3.8, 4) is 5.88 Å². The van der Waals surface area contributed by atoms with Gasteiger partial charge in [0.05, 0.1) is 0 Å². The van der Waals surface area contributed by atoms with Gasteiger partial charge in [0.2, 0.25) is 0 Å². The highest BCUT2D eigenvalue weighted by atomic mass is 16.3. The molecule has 15 heavy (non-hydrogen) atoms. The summed E-state index contributed by atoms with van der Waals surface area (Å²) >= 11 is 0. The summed E-state index contributed by atoms with van der Waals surface area (Å²) in [6.07, 6.45) is 7.95.